The molecule has 0 bridgehead atoms. The lowest BCUT2D eigenvalue weighted by Gasteiger charge is -2.36. The monoisotopic (exact) mass is 485 g/mol. The summed E-state index contributed by atoms with van der Waals surface area (Å²) in [5.41, 5.74) is 0. The zero-order chi connectivity index (χ0) is 17.9. The zero-order valence-electron chi connectivity index (χ0n) is 15.3. The number of hydrogen-bond acceptors (Lipinski definition) is 5. The van der Waals surface area contributed by atoms with Gasteiger partial charge in [-0.3, -0.25) is 9.79 Å². The van der Waals surface area contributed by atoms with E-state index in [1.54, 1.807) is 19.2 Å². The molecule has 4 heterocycles. The van der Waals surface area contributed by atoms with Crippen LogP contribution in [0, 0.1) is 0 Å². The van der Waals surface area contributed by atoms with Gasteiger partial charge < -0.3 is 24.1 Å². The fraction of sp³-hybridized carbons (Fsp3) is 0.529. The zero-order valence-corrected chi connectivity index (χ0v) is 17.6. The summed E-state index contributed by atoms with van der Waals surface area (Å²) in [6.45, 7) is 4.33. The van der Waals surface area contributed by atoms with Gasteiger partial charge in [-0.2, -0.15) is 0 Å². The number of nitrogens with one attached hydrogen (secondary N) is 1. The lowest BCUT2D eigenvalue weighted by Crippen LogP contribution is -2.53. The van der Waals surface area contributed by atoms with Gasteiger partial charge in [0, 0.05) is 46.2 Å². The number of amides is 1. The van der Waals surface area contributed by atoms with E-state index in [2.05, 4.69) is 30.0 Å². The minimum absolute atomic E-state index is 0. The average molecular weight is 485 g/mol. The smallest absolute Gasteiger partial charge is 0.289 e. The summed E-state index contributed by atoms with van der Waals surface area (Å²) in [5, 5.41) is 11.9. The lowest BCUT2D eigenvalue weighted by atomic mass is 10.3. The molecule has 0 aliphatic carbocycles. The van der Waals surface area contributed by atoms with Gasteiger partial charge in [0.15, 0.2) is 17.5 Å². The van der Waals surface area contributed by atoms with Gasteiger partial charge in [-0.15, -0.1) is 34.2 Å². The van der Waals surface area contributed by atoms with Crippen LogP contribution in [0.15, 0.2) is 27.8 Å². The molecule has 1 fully saturated rings. The van der Waals surface area contributed by atoms with E-state index in [9.17, 15) is 4.79 Å². The third-order valence-electron chi connectivity index (χ3n) is 4.90. The third-order valence-corrected chi connectivity index (χ3v) is 4.90. The number of aliphatic imine (C=N–C) groups is 1. The van der Waals surface area contributed by atoms with Crippen molar-refractivity contribution in [1.29, 1.82) is 0 Å². The molecule has 2 aliphatic heterocycles. The molecule has 1 N–H and O–H groups in total. The molecule has 0 radical (unpaired) electrons. The molecular formula is C17H24IN7O2. The van der Waals surface area contributed by atoms with Crippen LogP contribution < -0.4 is 5.32 Å². The molecule has 2 aliphatic rings. The normalized spacial score (nSPS) is 16.9. The first-order valence-corrected chi connectivity index (χ1v) is 8.95. The second-order valence-electron chi connectivity index (χ2n) is 6.44. The standard InChI is InChI=1S/C17H23N7O2.HI/c1-18-17(19-12-15-21-20-14-5-2-6-24(14)15)23-9-7-22(8-10-23)16(25)13-4-3-11-26-13;/h3-4,11H,2,5-10,12H2,1H3,(H,18,19);1H. The molecule has 10 heteroatoms. The van der Waals surface area contributed by atoms with Crippen LogP contribution in [0.1, 0.15) is 28.6 Å². The summed E-state index contributed by atoms with van der Waals surface area (Å²) < 4.78 is 7.39. The molecule has 2 aromatic heterocycles. The largest absolute Gasteiger partial charge is 0.459 e. The van der Waals surface area contributed by atoms with Gasteiger partial charge >= 0.3 is 0 Å². The summed E-state index contributed by atoms with van der Waals surface area (Å²) in [7, 11) is 1.77. The number of fused-ring (bicyclic) bond motifs is 1. The highest BCUT2D eigenvalue weighted by Crippen LogP contribution is 2.14. The van der Waals surface area contributed by atoms with Crippen molar-refractivity contribution in [2.75, 3.05) is 33.2 Å². The second-order valence-corrected chi connectivity index (χ2v) is 6.44. The highest BCUT2D eigenvalue weighted by molar-refractivity contribution is 14.0. The Kier molecular flexibility index (Phi) is 6.34. The van der Waals surface area contributed by atoms with Gasteiger partial charge in [-0.05, 0) is 18.6 Å². The van der Waals surface area contributed by atoms with Crippen LogP contribution in [0.2, 0.25) is 0 Å². The first-order valence-electron chi connectivity index (χ1n) is 8.95. The van der Waals surface area contributed by atoms with Crippen LogP contribution in [0.4, 0.5) is 0 Å². The van der Waals surface area contributed by atoms with Crippen molar-refractivity contribution in [3.05, 3.63) is 35.8 Å². The van der Waals surface area contributed by atoms with Crippen LogP contribution in [0.25, 0.3) is 0 Å². The summed E-state index contributed by atoms with van der Waals surface area (Å²) >= 11 is 0. The number of aromatic nitrogens is 3. The highest BCUT2D eigenvalue weighted by atomic mass is 127. The Balaban J connectivity index is 0.00000210. The number of carbonyl (C=O) groups excluding carboxylic acids is 1. The predicted octanol–water partition coefficient (Wildman–Crippen LogP) is 0.969. The Morgan fingerprint density at radius 2 is 2.00 bits per heavy atom. The first-order chi connectivity index (χ1) is 12.8. The summed E-state index contributed by atoms with van der Waals surface area (Å²) in [4.78, 5) is 20.7. The Morgan fingerprint density at radius 3 is 2.70 bits per heavy atom. The van der Waals surface area contributed by atoms with E-state index in [-0.39, 0.29) is 29.9 Å². The Bertz CT molecular complexity index is 794. The van der Waals surface area contributed by atoms with Crippen LogP contribution in [-0.4, -0.2) is 69.7 Å². The van der Waals surface area contributed by atoms with Gasteiger partial charge in [0.05, 0.1) is 12.8 Å². The Labute approximate surface area is 174 Å². The summed E-state index contributed by atoms with van der Waals surface area (Å²) in [6, 6.07) is 3.43. The van der Waals surface area contributed by atoms with Crippen molar-refractivity contribution >= 4 is 35.8 Å². The van der Waals surface area contributed by atoms with Crippen molar-refractivity contribution in [1.82, 2.24) is 29.9 Å². The number of hydrogen-bond donors (Lipinski definition) is 1. The van der Waals surface area contributed by atoms with Crippen LogP contribution >= 0.6 is 24.0 Å². The molecule has 27 heavy (non-hydrogen) atoms. The number of rotatable bonds is 3. The minimum Gasteiger partial charge on any atom is -0.459 e. The first kappa shape index (κ1) is 19.6. The van der Waals surface area contributed by atoms with E-state index in [1.165, 1.54) is 6.26 Å². The van der Waals surface area contributed by atoms with Crippen molar-refractivity contribution in [3.8, 4) is 0 Å². The van der Waals surface area contributed by atoms with Crippen LogP contribution in [0.5, 0.6) is 0 Å². The van der Waals surface area contributed by atoms with Crippen molar-refractivity contribution in [3.63, 3.8) is 0 Å². The van der Waals surface area contributed by atoms with Gasteiger partial charge in [-0.25, -0.2) is 0 Å². The Hall–Kier alpha value is -2.11. The molecule has 9 nitrogen and oxygen atoms in total. The topological polar surface area (TPSA) is 91.8 Å². The maximum absolute atomic E-state index is 12.3. The third kappa shape index (κ3) is 4.09. The van der Waals surface area contributed by atoms with E-state index in [0.29, 0.717) is 25.4 Å². The molecule has 0 atom stereocenters. The Morgan fingerprint density at radius 1 is 1.22 bits per heavy atom. The summed E-state index contributed by atoms with van der Waals surface area (Å²) in [6.07, 6.45) is 3.67. The number of aryl methyl sites for hydroxylation is 1. The number of piperazine rings is 1. The molecule has 0 unspecified atom stereocenters. The maximum atomic E-state index is 12.3. The fourth-order valence-electron chi connectivity index (χ4n) is 3.51. The molecule has 0 spiro atoms. The quantitative estimate of drug-likeness (QED) is 0.396. The molecule has 0 aromatic carbocycles. The van der Waals surface area contributed by atoms with Crippen molar-refractivity contribution < 1.29 is 9.21 Å². The van der Waals surface area contributed by atoms with Crippen molar-refractivity contribution in [2.24, 2.45) is 4.99 Å². The van der Waals surface area contributed by atoms with Crippen molar-refractivity contribution in [2.45, 2.75) is 25.9 Å². The number of halogens is 1. The molecule has 1 amide bonds. The summed E-state index contributed by atoms with van der Waals surface area (Å²) in [5.74, 6) is 3.18. The SMILES string of the molecule is CN=C(NCc1nnc2n1CCC2)N1CCN(C(=O)c2ccco2)CC1.I. The van der Waals surface area contributed by atoms with E-state index in [0.717, 1.165) is 50.1 Å². The molecular weight excluding hydrogens is 461 g/mol. The van der Waals surface area contributed by atoms with Gasteiger partial charge in [0.1, 0.15) is 5.82 Å². The lowest BCUT2D eigenvalue weighted by molar-refractivity contribution is 0.0657. The number of carbonyl (C=O) groups is 1. The average Bonchev–Trinajstić information content (AvgIpc) is 3.41. The molecule has 2 aromatic rings. The van der Waals surface area contributed by atoms with E-state index < -0.39 is 0 Å². The van der Waals surface area contributed by atoms with Gasteiger partial charge in [-0.1, -0.05) is 0 Å². The number of furan rings is 1. The van der Waals surface area contributed by atoms with E-state index >= 15 is 0 Å². The van der Waals surface area contributed by atoms with Crippen LogP contribution in [-0.2, 0) is 19.5 Å². The van der Waals surface area contributed by atoms with Crippen LogP contribution in [0.3, 0.4) is 0 Å². The second kappa shape index (κ2) is 8.72. The molecule has 1 saturated heterocycles. The van der Waals surface area contributed by atoms with E-state index in [1.807, 2.05) is 4.90 Å². The molecule has 0 saturated carbocycles. The predicted molar refractivity (Wildman–Crippen MR) is 110 cm³/mol. The van der Waals surface area contributed by atoms with Gasteiger partial charge in [0.25, 0.3) is 5.91 Å². The maximum Gasteiger partial charge on any atom is 0.289 e. The highest BCUT2D eigenvalue weighted by Gasteiger charge is 2.25. The fourth-order valence-corrected chi connectivity index (χ4v) is 3.51. The number of guanidine groups is 1. The molecule has 146 valence electrons. The molecule has 4 rings (SSSR count). The number of nitrogens with zero attached hydrogens (tertiary/aromatic N) is 6. The van der Waals surface area contributed by atoms with E-state index in [4.69, 9.17) is 4.42 Å². The minimum atomic E-state index is -0.0587. The van der Waals surface area contributed by atoms with Gasteiger partial charge in [0.2, 0.25) is 0 Å².